The maximum Gasteiger partial charge on any atom is 0.198 e. The molecule has 0 bridgehead atoms. The quantitative estimate of drug-likeness (QED) is 0.612. The van der Waals surface area contributed by atoms with Gasteiger partial charge < -0.3 is 5.73 Å². The number of para-hydroxylation sites is 1. The Morgan fingerprint density at radius 2 is 1.53 bits per heavy atom. The number of rotatable bonds is 2. The average molecular weight is 335 g/mol. The molecule has 0 spiro atoms. The Bertz CT molecular complexity index is 647. The van der Waals surface area contributed by atoms with Crippen molar-refractivity contribution in [2.75, 3.05) is 5.73 Å². The van der Waals surface area contributed by atoms with Gasteiger partial charge in [0.25, 0.3) is 0 Å². The third-order valence-electron chi connectivity index (χ3n) is 2.53. The van der Waals surface area contributed by atoms with Gasteiger partial charge in [0.15, 0.2) is 5.78 Å². The molecule has 0 unspecified atom stereocenters. The first-order chi connectivity index (χ1) is 8.91. The molecule has 2 aromatic rings. The fraction of sp³-hybridized carbons (Fsp3) is 0. The molecule has 0 aliphatic carbocycles. The van der Waals surface area contributed by atoms with Gasteiger partial charge >= 0.3 is 0 Å². The van der Waals surface area contributed by atoms with Gasteiger partial charge in [-0.2, -0.15) is 0 Å². The second kappa shape index (κ2) is 5.59. The summed E-state index contributed by atoms with van der Waals surface area (Å²) in [5, 5.41) is 0.987. The van der Waals surface area contributed by atoms with E-state index in [9.17, 15) is 4.79 Å². The summed E-state index contributed by atoms with van der Waals surface area (Å²) in [6, 6.07) is 7.68. The summed E-state index contributed by atoms with van der Waals surface area (Å²) in [7, 11) is 0. The van der Waals surface area contributed by atoms with Crippen LogP contribution in [-0.4, -0.2) is 5.78 Å². The van der Waals surface area contributed by atoms with Gasteiger partial charge in [-0.1, -0.05) is 52.5 Å². The van der Waals surface area contributed by atoms with Gasteiger partial charge in [-0.3, -0.25) is 4.79 Å². The van der Waals surface area contributed by atoms with Crippen molar-refractivity contribution in [2.24, 2.45) is 0 Å². The number of hydrogen-bond acceptors (Lipinski definition) is 2. The van der Waals surface area contributed by atoms with Crippen LogP contribution in [0.1, 0.15) is 15.9 Å². The first kappa shape index (κ1) is 14.5. The molecule has 98 valence electrons. The van der Waals surface area contributed by atoms with E-state index < -0.39 is 5.78 Å². The fourth-order valence-corrected chi connectivity index (χ4v) is 2.79. The normalized spacial score (nSPS) is 10.5. The molecule has 2 nitrogen and oxygen atoms in total. The topological polar surface area (TPSA) is 43.1 Å². The van der Waals surface area contributed by atoms with Gasteiger partial charge in [-0.05, 0) is 24.3 Å². The highest BCUT2D eigenvalue weighted by Gasteiger charge is 2.20. The van der Waals surface area contributed by atoms with Crippen molar-refractivity contribution in [3.63, 3.8) is 0 Å². The van der Waals surface area contributed by atoms with E-state index in [2.05, 4.69) is 0 Å². The van der Waals surface area contributed by atoms with Crippen LogP contribution in [0.3, 0.4) is 0 Å². The zero-order chi connectivity index (χ0) is 14.2. The second-order valence-corrected chi connectivity index (χ2v) is 5.43. The van der Waals surface area contributed by atoms with Crippen molar-refractivity contribution in [3.8, 4) is 0 Å². The predicted octanol–water partition coefficient (Wildman–Crippen LogP) is 5.11. The number of hydrogen-bond donors (Lipinski definition) is 1. The van der Waals surface area contributed by atoms with E-state index >= 15 is 0 Å². The highest BCUT2D eigenvalue weighted by Crippen LogP contribution is 2.33. The SMILES string of the molecule is Nc1c(Cl)cccc1C(=O)c1c(Cl)cc(Cl)cc1Cl. The van der Waals surface area contributed by atoms with Crippen LogP contribution in [0, 0.1) is 0 Å². The van der Waals surface area contributed by atoms with E-state index in [0.717, 1.165) is 0 Å². The lowest BCUT2D eigenvalue weighted by Crippen LogP contribution is -2.07. The molecular weight excluding hydrogens is 328 g/mol. The third kappa shape index (κ3) is 2.82. The molecule has 2 rings (SSSR count). The molecule has 2 aromatic carbocycles. The molecule has 0 heterocycles. The number of ketones is 1. The highest BCUT2D eigenvalue weighted by atomic mass is 35.5. The minimum Gasteiger partial charge on any atom is -0.397 e. The van der Waals surface area contributed by atoms with Crippen LogP contribution in [0.4, 0.5) is 5.69 Å². The zero-order valence-electron chi connectivity index (χ0n) is 9.38. The monoisotopic (exact) mass is 333 g/mol. The van der Waals surface area contributed by atoms with E-state index in [0.29, 0.717) is 10.0 Å². The van der Waals surface area contributed by atoms with Crippen molar-refractivity contribution in [1.29, 1.82) is 0 Å². The van der Waals surface area contributed by atoms with E-state index in [1.807, 2.05) is 0 Å². The molecule has 0 saturated carbocycles. The van der Waals surface area contributed by atoms with Crippen LogP contribution in [0.5, 0.6) is 0 Å². The number of carbonyl (C=O) groups is 1. The maximum atomic E-state index is 12.4. The lowest BCUT2D eigenvalue weighted by atomic mass is 10.0. The van der Waals surface area contributed by atoms with Gasteiger partial charge in [0.1, 0.15) is 0 Å². The van der Waals surface area contributed by atoms with Crippen LogP contribution >= 0.6 is 46.4 Å². The lowest BCUT2D eigenvalue weighted by Gasteiger charge is -2.09. The molecule has 0 aliphatic heterocycles. The number of nitrogen functional groups attached to an aromatic ring is 1. The van der Waals surface area contributed by atoms with Gasteiger partial charge in [0.2, 0.25) is 0 Å². The van der Waals surface area contributed by atoms with Crippen LogP contribution < -0.4 is 5.73 Å². The average Bonchev–Trinajstić information content (AvgIpc) is 2.31. The summed E-state index contributed by atoms with van der Waals surface area (Å²) >= 11 is 23.7. The Kier molecular flexibility index (Phi) is 4.26. The number of halogens is 4. The van der Waals surface area contributed by atoms with Gasteiger partial charge in [-0.25, -0.2) is 0 Å². The molecule has 0 aromatic heterocycles. The van der Waals surface area contributed by atoms with Gasteiger partial charge in [0, 0.05) is 10.6 Å². The van der Waals surface area contributed by atoms with Gasteiger partial charge in [-0.15, -0.1) is 0 Å². The predicted molar refractivity (Wildman–Crippen MR) is 80.8 cm³/mol. The van der Waals surface area contributed by atoms with Crippen LogP contribution in [0.2, 0.25) is 20.1 Å². The summed E-state index contributed by atoms with van der Waals surface area (Å²) in [4.78, 5) is 12.4. The van der Waals surface area contributed by atoms with Gasteiger partial charge in [0.05, 0.1) is 26.3 Å². The van der Waals surface area contributed by atoms with E-state index in [1.165, 1.54) is 12.1 Å². The first-order valence-corrected chi connectivity index (χ1v) is 6.66. The third-order valence-corrected chi connectivity index (χ3v) is 3.68. The number of anilines is 1. The lowest BCUT2D eigenvalue weighted by molar-refractivity contribution is 0.104. The molecule has 6 heteroatoms. The molecule has 0 fully saturated rings. The summed E-state index contributed by atoms with van der Waals surface area (Å²) in [6.45, 7) is 0. The Hall–Kier alpha value is -0.930. The van der Waals surface area contributed by atoms with Crippen LogP contribution in [0.15, 0.2) is 30.3 Å². The summed E-state index contributed by atoms with van der Waals surface area (Å²) in [5.74, 6) is -0.397. The fourth-order valence-electron chi connectivity index (χ4n) is 1.63. The molecule has 0 saturated heterocycles. The molecule has 0 atom stereocenters. The standard InChI is InChI=1S/C13H7Cl4NO/c14-6-4-9(16)11(10(17)5-6)13(19)7-2-1-3-8(15)12(7)18/h1-5H,18H2. The Morgan fingerprint density at radius 1 is 0.947 bits per heavy atom. The largest absolute Gasteiger partial charge is 0.397 e. The minimum atomic E-state index is -0.397. The molecule has 0 amide bonds. The molecule has 0 radical (unpaired) electrons. The van der Waals surface area contributed by atoms with Crippen LogP contribution in [0.25, 0.3) is 0 Å². The Balaban J connectivity index is 2.60. The summed E-state index contributed by atoms with van der Waals surface area (Å²) in [6.07, 6.45) is 0. The molecule has 0 aliphatic rings. The summed E-state index contributed by atoms with van der Waals surface area (Å²) in [5.41, 5.74) is 6.38. The van der Waals surface area contributed by atoms with Crippen molar-refractivity contribution < 1.29 is 4.79 Å². The summed E-state index contributed by atoms with van der Waals surface area (Å²) < 4.78 is 0. The highest BCUT2D eigenvalue weighted by molar-refractivity contribution is 6.43. The zero-order valence-corrected chi connectivity index (χ0v) is 12.4. The molecule has 19 heavy (non-hydrogen) atoms. The van der Waals surface area contributed by atoms with E-state index in [1.54, 1.807) is 18.2 Å². The number of carbonyl (C=O) groups excluding carboxylic acids is 1. The Morgan fingerprint density at radius 3 is 2.11 bits per heavy atom. The van der Waals surface area contributed by atoms with Crippen molar-refractivity contribution in [2.45, 2.75) is 0 Å². The molecule has 2 N–H and O–H groups in total. The maximum absolute atomic E-state index is 12.4. The number of benzene rings is 2. The van der Waals surface area contributed by atoms with Crippen molar-refractivity contribution in [1.82, 2.24) is 0 Å². The molecular formula is C13H7Cl4NO. The second-order valence-electron chi connectivity index (χ2n) is 3.77. The minimum absolute atomic E-state index is 0.154. The first-order valence-electron chi connectivity index (χ1n) is 5.15. The Labute approximate surface area is 130 Å². The number of nitrogens with two attached hydrogens (primary N) is 1. The van der Waals surface area contributed by atoms with Crippen molar-refractivity contribution in [3.05, 3.63) is 61.5 Å². The van der Waals surface area contributed by atoms with E-state index in [-0.39, 0.29) is 26.9 Å². The van der Waals surface area contributed by atoms with E-state index in [4.69, 9.17) is 52.1 Å². The van der Waals surface area contributed by atoms with Crippen molar-refractivity contribution >= 4 is 57.9 Å². The van der Waals surface area contributed by atoms with Crippen LogP contribution in [-0.2, 0) is 0 Å². The smallest absolute Gasteiger partial charge is 0.198 e.